The molecule has 1 aliphatic heterocycles. The number of nitrogens with two attached hydrogens (primary N) is 1. The molecular weight excluding hydrogens is 496 g/mol. The van der Waals surface area contributed by atoms with Gasteiger partial charge in [0.05, 0.1) is 10.6 Å². The third-order valence-corrected chi connectivity index (χ3v) is 9.07. The molecule has 2 heterocycles. The molecule has 2 aliphatic rings. The van der Waals surface area contributed by atoms with E-state index in [1.54, 1.807) is 18.2 Å². The van der Waals surface area contributed by atoms with E-state index >= 15 is 0 Å². The second kappa shape index (κ2) is 9.57. The Kier molecular flexibility index (Phi) is 6.61. The maximum Gasteiger partial charge on any atom is 0.273 e. The molecule has 0 spiro atoms. The molecule has 2 aromatic carbocycles. The summed E-state index contributed by atoms with van der Waals surface area (Å²) in [6.07, 6.45) is 6.68. The molecule has 0 unspecified atom stereocenters. The molecule has 1 amide bonds. The predicted octanol–water partition coefficient (Wildman–Crippen LogP) is 4.04. The van der Waals surface area contributed by atoms with Crippen molar-refractivity contribution in [3.05, 3.63) is 76.7 Å². The Morgan fingerprint density at radius 3 is 2.50 bits per heavy atom. The predicted molar refractivity (Wildman–Crippen MR) is 140 cm³/mol. The molecular formula is C27H29ClN4O3S. The van der Waals surface area contributed by atoms with Crippen LogP contribution in [0.4, 0.5) is 0 Å². The quantitative estimate of drug-likeness (QED) is 0.540. The smallest absolute Gasteiger partial charge is 0.273 e. The minimum absolute atomic E-state index is 0.0906. The number of amides is 1. The van der Waals surface area contributed by atoms with Gasteiger partial charge in [0, 0.05) is 47.0 Å². The minimum atomic E-state index is -3.36. The van der Waals surface area contributed by atoms with Crippen molar-refractivity contribution < 1.29 is 13.2 Å². The molecule has 2 N–H and O–H groups in total. The second-order valence-electron chi connectivity index (χ2n) is 9.82. The summed E-state index contributed by atoms with van der Waals surface area (Å²) < 4.78 is 24.1. The molecule has 5 rings (SSSR count). The van der Waals surface area contributed by atoms with Crippen LogP contribution < -0.4 is 5.73 Å². The number of sulfone groups is 1. The molecule has 0 bridgehead atoms. The lowest BCUT2D eigenvalue weighted by molar-refractivity contribution is 0.0568. The fraction of sp³-hybridized carbons (Fsp3) is 0.370. The van der Waals surface area contributed by atoms with Gasteiger partial charge in [0.2, 0.25) is 0 Å². The number of benzene rings is 2. The van der Waals surface area contributed by atoms with Crippen molar-refractivity contribution in [2.24, 2.45) is 5.73 Å². The first-order valence-electron chi connectivity index (χ1n) is 12.1. The minimum Gasteiger partial charge on any atom is -0.334 e. The molecule has 36 heavy (non-hydrogen) atoms. The van der Waals surface area contributed by atoms with Gasteiger partial charge in [-0.25, -0.2) is 18.4 Å². The van der Waals surface area contributed by atoms with E-state index in [4.69, 9.17) is 17.3 Å². The lowest BCUT2D eigenvalue weighted by atomic mass is 9.68. The largest absolute Gasteiger partial charge is 0.334 e. The summed E-state index contributed by atoms with van der Waals surface area (Å²) in [5.41, 5.74) is 9.77. The van der Waals surface area contributed by atoms with Crippen molar-refractivity contribution in [2.75, 3.05) is 19.3 Å². The lowest BCUT2D eigenvalue weighted by Crippen LogP contribution is -2.50. The Labute approximate surface area is 216 Å². The van der Waals surface area contributed by atoms with E-state index in [2.05, 4.69) is 16.0 Å². The third-order valence-electron chi connectivity index (χ3n) is 7.73. The first kappa shape index (κ1) is 24.9. The van der Waals surface area contributed by atoms with E-state index in [0.717, 1.165) is 31.2 Å². The van der Waals surface area contributed by atoms with Crippen LogP contribution in [0.15, 0.2) is 59.8 Å². The van der Waals surface area contributed by atoms with Gasteiger partial charge in [0.15, 0.2) is 9.84 Å². The van der Waals surface area contributed by atoms with Crippen LogP contribution in [0.1, 0.15) is 47.3 Å². The van der Waals surface area contributed by atoms with E-state index in [1.165, 1.54) is 18.1 Å². The molecule has 0 radical (unpaired) electrons. The standard InChI is InChI=1S/C27H29ClN4O3S/c1-36(34,35)22-7-2-4-18(14-22)24-23-10-13-32(26(33)25(23)31-17-30-24)21-8-11-27(16-29,12-9-21)19-5-3-6-20(28)15-19/h2-7,14-15,17,21H,8-13,16,29H2,1H3. The fourth-order valence-electron chi connectivity index (χ4n) is 5.67. The molecule has 0 atom stereocenters. The van der Waals surface area contributed by atoms with Crippen molar-refractivity contribution in [2.45, 2.75) is 48.5 Å². The zero-order valence-electron chi connectivity index (χ0n) is 20.2. The Hall–Kier alpha value is -2.81. The zero-order chi connectivity index (χ0) is 25.5. The summed E-state index contributed by atoms with van der Waals surface area (Å²) in [5, 5.41) is 0.711. The van der Waals surface area contributed by atoms with E-state index < -0.39 is 9.84 Å². The third kappa shape index (κ3) is 4.53. The van der Waals surface area contributed by atoms with E-state index in [1.807, 2.05) is 29.2 Å². The maximum absolute atomic E-state index is 13.6. The number of fused-ring (bicyclic) bond motifs is 1. The summed E-state index contributed by atoms with van der Waals surface area (Å²) >= 11 is 6.25. The van der Waals surface area contributed by atoms with Crippen molar-refractivity contribution >= 4 is 27.3 Å². The van der Waals surface area contributed by atoms with Gasteiger partial charge >= 0.3 is 0 Å². The van der Waals surface area contributed by atoms with E-state index in [0.29, 0.717) is 41.5 Å². The highest BCUT2D eigenvalue weighted by Gasteiger charge is 2.40. The monoisotopic (exact) mass is 524 g/mol. The van der Waals surface area contributed by atoms with Crippen LogP contribution in [-0.2, 0) is 21.7 Å². The van der Waals surface area contributed by atoms with Gasteiger partial charge < -0.3 is 10.6 Å². The van der Waals surface area contributed by atoms with E-state index in [-0.39, 0.29) is 22.3 Å². The lowest BCUT2D eigenvalue weighted by Gasteiger charge is -2.44. The molecule has 1 aromatic heterocycles. The maximum atomic E-state index is 13.6. The summed E-state index contributed by atoms with van der Waals surface area (Å²) in [5.74, 6) is -0.0906. The average molecular weight is 525 g/mol. The molecule has 1 saturated carbocycles. The van der Waals surface area contributed by atoms with Gasteiger partial charge in [-0.1, -0.05) is 35.9 Å². The molecule has 188 valence electrons. The topological polar surface area (TPSA) is 106 Å². The number of carbonyl (C=O) groups excluding carboxylic acids is 1. The Balaban J connectivity index is 1.38. The summed E-state index contributed by atoms with van der Waals surface area (Å²) in [6, 6.07) is 14.8. The SMILES string of the molecule is CS(=O)(=O)c1cccc(-c2ncnc3c2CCN(C2CCC(CN)(c4cccc(Cl)c4)CC2)C3=O)c1. The fourth-order valence-corrected chi connectivity index (χ4v) is 6.53. The van der Waals surface area contributed by atoms with Crippen LogP contribution in [0.2, 0.25) is 5.02 Å². The highest BCUT2D eigenvalue weighted by molar-refractivity contribution is 7.90. The average Bonchev–Trinajstić information content (AvgIpc) is 2.88. The van der Waals surface area contributed by atoms with Crippen LogP contribution in [-0.4, -0.2) is 54.6 Å². The van der Waals surface area contributed by atoms with Gasteiger partial charge in [-0.3, -0.25) is 4.79 Å². The van der Waals surface area contributed by atoms with Crippen LogP contribution in [0, 0.1) is 0 Å². The summed E-state index contributed by atoms with van der Waals surface area (Å²) in [7, 11) is -3.36. The van der Waals surface area contributed by atoms with Crippen LogP contribution in [0.25, 0.3) is 11.3 Å². The summed E-state index contributed by atoms with van der Waals surface area (Å²) in [4.78, 5) is 24.5. The van der Waals surface area contributed by atoms with Crippen molar-refractivity contribution in [3.63, 3.8) is 0 Å². The van der Waals surface area contributed by atoms with Gasteiger partial charge in [-0.15, -0.1) is 0 Å². The number of carbonyl (C=O) groups is 1. The normalized spacial score (nSPS) is 22.4. The van der Waals surface area contributed by atoms with Crippen molar-refractivity contribution in [1.82, 2.24) is 14.9 Å². The van der Waals surface area contributed by atoms with E-state index in [9.17, 15) is 13.2 Å². The molecule has 7 nitrogen and oxygen atoms in total. The Morgan fingerprint density at radius 2 is 1.81 bits per heavy atom. The molecule has 1 aliphatic carbocycles. The molecule has 0 saturated heterocycles. The van der Waals surface area contributed by atoms with Gasteiger partial charge in [-0.2, -0.15) is 0 Å². The highest BCUT2D eigenvalue weighted by atomic mass is 35.5. The Morgan fingerprint density at radius 1 is 1.08 bits per heavy atom. The van der Waals surface area contributed by atoms with Gasteiger partial charge in [0.1, 0.15) is 12.0 Å². The number of hydrogen-bond acceptors (Lipinski definition) is 6. The molecule has 3 aromatic rings. The number of hydrogen-bond donors (Lipinski definition) is 1. The number of halogens is 1. The number of aromatic nitrogens is 2. The second-order valence-corrected chi connectivity index (χ2v) is 12.3. The highest BCUT2D eigenvalue weighted by Crippen LogP contribution is 2.42. The van der Waals surface area contributed by atoms with Crippen molar-refractivity contribution in [3.8, 4) is 11.3 Å². The van der Waals surface area contributed by atoms with Crippen molar-refractivity contribution in [1.29, 1.82) is 0 Å². The van der Waals surface area contributed by atoms with Crippen LogP contribution in [0.5, 0.6) is 0 Å². The van der Waals surface area contributed by atoms with Gasteiger partial charge in [0.25, 0.3) is 5.91 Å². The first-order chi connectivity index (χ1) is 17.2. The summed E-state index contributed by atoms with van der Waals surface area (Å²) in [6.45, 7) is 1.12. The van der Waals surface area contributed by atoms with Crippen LogP contribution >= 0.6 is 11.6 Å². The molecule has 9 heteroatoms. The number of rotatable bonds is 5. The Bertz CT molecular complexity index is 1420. The first-order valence-corrected chi connectivity index (χ1v) is 14.4. The van der Waals surface area contributed by atoms with Crippen LogP contribution in [0.3, 0.4) is 0 Å². The number of nitrogens with zero attached hydrogens (tertiary/aromatic N) is 3. The zero-order valence-corrected chi connectivity index (χ0v) is 21.7. The molecule has 1 fully saturated rings. The van der Waals surface area contributed by atoms with Gasteiger partial charge in [-0.05, 0) is 61.9 Å².